The summed E-state index contributed by atoms with van der Waals surface area (Å²) < 4.78 is 86.0. The summed E-state index contributed by atoms with van der Waals surface area (Å²) in [5.74, 6) is -0.814. The summed E-state index contributed by atoms with van der Waals surface area (Å²) >= 11 is 0. The van der Waals surface area contributed by atoms with Crippen LogP contribution in [0.5, 0.6) is 11.6 Å². The zero-order chi connectivity index (χ0) is 46.1. The Morgan fingerprint density at radius 3 is 1.45 bits per heavy atom. The molecule has 0 radical (unpaired) electrons. The summed E-state index contributed by atoms with van der Waals surface area (Å²) in [5.41, 5.74) is 2.18. The first-order valence-corrected chi connectivity index (χ1v) is 22.9. The van der Waals surface area contributed by atoms with Crippen molar-refractivity contribution in [3.8, 4) is 35.0 Å². The number of amides is 2. The number of nitrogens with zero attached hydrogens (tertiary/aromatic N) is 8. The lowest BCUT2D eigenvalue weighted by Crippen LogP contribution is -2.50. The minimum absolute atomic E-state index is 0.0497. The standard InChI is InChI=1S/C23H19FN4O4S.C23H19FN4O3S/c24-18-7-9-19(10-8-18)32-22-6-2-5-21(26-22)23(29)27-11-13-28(14-12-27)33(30,31)20-4-1-3-17(15-20)16-25;24-19-9-7-18(8-10-19)21-5-2-6-22(26-21)23(29)27-11-13-28(14-12-27)32(30,31)20-4-1-3-17(15-20)16-25/h1-10,15H,11-14H2;1-10,15H,11-14H2. The third-order valence-corrected chi connectivity index (χ3v) is 14.1. The molecule has 19 heteroatoms. The number of carbonyl (C=O) groups is 2. The van der Waals surface area contributed by atoms with Crippen molar-refractivity contribution in [1.29, 1.82) is 10.5 Å². The van der Waals surface area contributed by atoms with Crippen molar-refractivity contribution in [1.82, 2.24) is 28.4 Å². The fraction of sp³-hybridized carbons (Fsp3) is 0.174. The molecule has 2 saturated heterocycles. The second kappa shape index (κ2) is 20.0. The van der Waals surface area contributed by atoms with Gasteiger partial charge >= 0.3 is 0 Å². The number of sulfonamides is 2. The minimum Gasteiger partial charge on any atom is -0.439 e. The van der Waals surface area contributed by atoms with Gasteiger partial charge in [-0.3, -0.25) is 9.59 Å². The Morgan fingerprint density at radius 1 is 0.538 bits per heavy atom. The summed E-state index contributed by atoms with van der Waals surface area (Å²) in [5, 5.41) is 18.0. The Bertz CT molecular complexity index is 3020. The van der Waals surface area contributed by atoms with Gasteiger partial charge < -0.3 is 14.5 Å². The van der Waals surface area contributed by atoms with E-state index in [0.717, 1.165) is 0 Å². The SMILES string of the molecule is N#Cc1cccc(S(=O)(=O)N2CCN(C(=O)c3cccc(-c4ccc(F)cc4)n3)CC2)c1.N#Cc1cccc(S(=O)(=O)N2CCN(C(=O)c3cccc(Oc4ccc(F)cc4)n3)CC2)c1. The summed E-state index contributed by atoms with van der Waals surface area (Å²) in [7, 11) is -7.53. The van der Waals surface area contributed by atoms with Crippen molar-refractivity contribution in [3.63, 3.8) is 0 Å². The van der Waals surface area contributed by atoms with Gasteiger partial charge in [0.05, 0.1) is 38.8 Å². The molecule has 6 aromatic rings. The molecule has 0 bridgehead atoms. The van der Waals surface area contributed by atoms with Crippen LogP contribution in [0, 0.1) is 34.3 Å². The van der Waals surface area contributed by atoms with E-state index in [1.807, 2.05) is 12.1 Å². The van der Waals surface area contributed by atoms with Gasteiger partial charge in [0.2, 0.25) is 25.9 Å². The lowest BCUT2D eigenvalue weighted by Gasteiger charge is -2.33. The first-order chi connectivity index (χ1) is 31.2. The van der Waals surface area contributed by atoms with E-state index in [1.54, 1.807) is 59.5 Å². The molecule has 2 aliphatic rings. The molecule has 2 aliphatic heterocycles. The van der Waals surface area contributed by atoms with Gasteiger partial charge in [0.25, 0.3) is 11.8 Å². The van der Waals surface area contributed by atoms with Crippen molar-refractivity contribution in [2.24, 2.45) is 0 Å². The molecule has 0 atom stereocenters. The van der Waals surface area contributed by atoms with Gasteiger partial charge in [0, 0.05) is 64.0 Å². The van der Waals surface area contributed by atoms with Gasteiger partial charge in [-0.25, -0.2) is 35.6 Å². The second-order valence-electron chi connectivity index (χ2n) is 14.5. The fourth-order valence-electron chi connectivity index (χ4n) is 6.89. The molecule has 0 unspecified atom stereocenters. The molecule has 15 nitrogen and oxygen atoms in total. The Balaban J connectivity index is 0.000000194. The number of pyridine rings is 2. The van der Waals surface area contributed by atoms with Gasteiger partial charge in [0.15, 0.2) is 0 Å². The summed E-state index contributed by atoms with van der Waals surface area (Å²) in [6.07, 6.45) is 0. The molecule has 4 heterocycles. The number of halogens is 2. The molecule has 65 heavy (non-hydrogen) atoms. The van der Waals surface area contributed by atoms with E-state index in [-0.39, 0.29) is 108 Å². The van der Waals surface area contributed by atoms with Gasteiger partial charge in [-0.05, 0) is 103 Å². The molecule has 8 rings (SSSR count). The van der Waals surface area contributed by atoms with E-state index in [9.17, 15) is 35.2 Å². The molecule has 330 valence electrons. The summed E-state index contributed by atoms with van der Waals surface area (Å²) in [4.78, 5) is 37.7. The first kappa shape index (κ1) is 45.6. The average molecular weight is 917 g/mol. The summed E-state index contributed by atoms with van der Waals surface area (Å²) in [6.45, 7) is 1.36. The van der Waals surface area contributed by atoms with Gasteiger partial charge in [0.1, 0.15) is 28.8 Å². The van der Waals surface area contributed by atoms with Crippen LogP contribution >= 0.6 is 0 Å². The highest BCUT2D eigenvalue weighted by Gasteiger charge is 2.32. The van der Waals surface area contributed by atoms with Crippen LogP contribution in [0.2, 0.25) is 0 Å². The van der Waals surface area contributed by atoms with Crippen molar-refractivity contribution in [2.75, 3.05) is 52.4 Å². The predicted octanol–water partition coefficient (Wildman–Crippen LogP) is 5.94. The van der Waals surface area contributed by atoms with Crippen LogP contribution in [-0.4, -0.2) is 109 Å². The number of aromatic nitrogens is 2. The zero-order valence-electron chi connectivity index (χ0n) is 34.4. The maximum Gasteiger partial charge on any atom is 0.272 e. The second-order valence-corrected chi connectivity index (χ2v) is 18.4. The van der Waals surface area contributed by atoms with E-state index in [0.29, 0.717) is 17.0 Å². The lowest BCUT2D eigenvalue weighted by atomic mass is 10.1. The monoisotopic (exact) mass is 916 g/mol. The van der Waals surface area contributed by atoms with Gasteiger partial charge in [-0.1, -0.05) is 24.3 Å². The smallest absolute Gasteiger partial charge is 0.272 e. The molecule has 2 amide bonds. The number of hydrogen-bond donors (Lipinski definition) is 0. The Labute approximate surface area is 374 Å². The van der Waals surface area contributed by atoms with Crippen molar-refractivity contribution in [3.05, 3.63) is 168 Å². The normalized spacial score (nSPS) is 14.6. The molecule has 0 N–H and O–H groups in total. The molecule has 2 aromatic heterocycles. The molecule has 0 spiro atoms. The number of carbonyl (C=O) groups excluding carboxylic acids is 2. The van der Waals surface area contributed by atoms with E-state index in [4.69, 9.17) is 15.3 Å². The largest absolute Gasteiger partial charge is 0.439 e. The van der Waals surface area contributed by atoms with Crippen LogP contribution in [0.15, 0.2) is 143 Å². The van der Waals surface area contributed by atoms with Crippen molar-refractivity contribution in [2.45, 2.75) is 9.79 Å². The highest BCUT2D eigenvalue weighted by Crippen LogP contribution is 2.24. The van der Waals surface area contributed by atoms with Crippen LogP contribution in [0.4, 0.5) is 8.78 Å². The highest BCUT2D eigenvalue weighted by molar-refractivity contribution is 7.89. The van der Waals surface area contributed by atoms with Crippen molar-refractivity contribution < 1.29 is 39.9 Å². The lowest BCUT2D eigenvalue weighted by molar-refractivity contribution is 0.0685. The van der Waals surface area contributed by atoms with Crippen LogP contribution in [0.25, 0.3) is 11.3 Å². The topological polar surface area (TPSA) is 198 Å². The van der Waals surface area contributed by atoms with Gasteiger partial charge in [-0.15, -0.1) is 0 Å². The summed E-state index contributed by atoms with van der Waals surface area (Å²) in [6, 6.07) is 36.7. The fourth-order valence-corrected chi connectivity index (χ4v) is 9.82. The van der Waals surface area contributed by atoms with E-state index in [2.05, 4.69) is 9.97 Å². The maximum absolute atomic E-state index is 13.2. The zero-order valence-corrected chi connectivity index (χ0v) is 36.0. The number of nitriles is 2. The molecule has 0 saturated carbocycles. The Kier molecular flexibility index (Phi) is 14.0. The molecular weight excluding hydrogens is 879 g/mol. The number of benzene rings is 4. The average Bonchev–Trinajstić information content (AvgIpc) is 3.35. The molecule has 4 aromatic carbocycles. The van der Waals surface area contributed by atoms with Gasteiger partial charge in [-0.2, -0.15) is 19.1 Å². The number of rotatable bonds is 9. The highest BCUT2D eigenvalue weighted by atomic mass is 32.2. The quantitative estimate of drug-likeness (QED) is 0.167. The van der Waals surface area contributed by atoms with E-state index >= 15 is 0 Å². The minimum atomic E-state index is -3.77. The van der Waals surface area contributed by atoms with Crippen LogP contribution < -0.4 is 4.74 Å². The third-order valence-electron chi connectivity index (χ3n) is 10.3. The third kappa shape index (κ3) is 10.9. The molecule has 2 fully saturated rings. The maximum atomic E-state index is 13.2. The van der Waals surface area contributed by atoms with Crippen LogP contribution in [0.1, 0.15) is 32.1 Å². The Morgan fingerprint density at radius 2 is 0.969 bits per heavy atom. The first-order valence-electron chi connectivity index (χ1n) is 20.0. The predicted molar refractivity (Wildman–Crippen MR) is 232 cm³/mol. The Hall–Kier alpha value is -7.42. The number of ether oxygens (including phenoxy) is 1. The van der Waals surface area contributed by atoms with Crippen molar-refractivity contribution >= 4 is 31.9 Å². The van der Waals surface area contributed by atoms with Crippen LogP contribution in [-0.2, 0) is 20.0 Å². The van der Waals surface area contributed by atoms with E-state index in [1.165, 1.54) is 92.4 Å². The van der Waals surface area contributed by atoms with E-state index < -0.39 is 25.9 Å². The van der Waals surface area contributed by atoms with Crippen LogP contribution in [0.3, 0.4) is 0 Å². The molecule has 0 aliphatic carbocycles. The number of piperazine rings is 2. The molecular formula is C46H38F2N8O7S2. The number of hydrogen-bond acceptors (Lipinski definition) is 11.